The lowest BCUT2D eigenvalue weighted by atomic mass is 9.92. The van der Waals surface area contributed by atoms with Gasteiger partial charge in [-0.2, -0.15) is 0 Å². The van der Waals surface area contributed by atoms with E-state index < -0.39 is 0 Å². The Morgan fingerprint density at radius 2 is 2.28 bits per heavy atom. The maximum Gasteiger partial charge on any atom is 0.123 e. The molecule has 2 nitrogen and oxygen atoms in total. The number of halogens is 1. The smallest absolute Gasteiger partial charge is 0.123 e. The van der Waals surface area contributed by atoms with E-state index in [0.717, 1.165) is 37.1 Å². The molecule has 18 heavy (non-hydrogen) atoms. The minimum atomic E-state index is -0.172. The normalized spacial score (nSPS) is 21.8. The van der Waals surface area contributed by atoms with Gasteiger partial charge in [-0.15, -0.1) is 0 Å². The predicted octanol–water partition coefficient (Wildman–Crippen LogP) is 3.35. The first kappa shape index (κ1) is 13.5. The molecule has 1 aromatic carbocycles. The van der Waals surface area contributed by atoms with Crippen LogP contribution in [0, 0.1) is 12.7 Å². The minimum absolute atomic E-state index is 0.103. The molecule has 0 amide bonds. The van der Waals surface area contributed by atoms with Crippen LogP contribution in [-0.4, -0.2) is 19.3 Å². The zero-order chi connectivity index (χ0) is 13.0. The molecular formula is C15H22FNO. The quantitative estimate of drug-likeness (QED) is 0.886. The molecule has 0 spiro atoms. The molecule has 1 saturated heterocycles. The standard InChI is InChI=1S/C15H22FNO/c1-3-17-15(14-6-4-5-9-18-14)13-10-12(16)8-7-11(13)2/h7-8,10,14-15,17H,3-6,9H2,1-2H3. The number of rotatable bonds is 4. The van der Waals surface area contributed by atoms with Gasteiger partial charge in [0.25, 0.3) is 0 Å². The lowest BCUT2D eigenvalue weighted by Gasteiger charge is -2.32. The summed E-state index contributed by atoms with van der Waals surface area (Å²) in [5, 5.41) is 3.44. The van der Waals surface area contributed by atoms with Crippen molar-refractivity contribution in [3.63, 3.8) is 0 Å². The zero-order valence-electron chi connectivity index (χ0n) is 11.2. The Kier molecular flexibility index (Phi) is 4.72. The summed E-state index contributed by atoms with van der Waals surface area (Å²) in [6.45, 7) is 5.79. The fourth-order valence-electron chi connectivity index (χ4n) is 2.64. The highest BCUT2D eigenvalue weighted by atomic mass is 19.1. The summed E-state index contributed by atoms with van der Waals surface area (Å²) >= 11 is 0. The number of ether oxygens (including phenoxy) is 1. The van der Waals surface area contributed by atoms with Gasteiger partial charge in [-0.05, 0) is 56.0 Å². The van der Waals surface area contributed by atoms with E-state index in [1.807, 2.05) is 13.0 Å². The molecule has 2 unspecified atom stereocenters. The van der Waals surface area contributed by atoms with Gasteiger partial charge < -0.3 is 10.1 Å². The Morgan fingerprint density at radius 1 is 1.44 bits per heavy atom. The van der Waals surface area contributed by atoms with Crippen molar-refractivity contribution in [2.75, 3.05) is 13.2 Å². The van der Waals surface area contributed by atoms with Crippen molar-refractivity contribution in [2.24, 2.45) is 0 Å². The topological polar surface area (TPSA) is 21.3 Å². The van der Waals surface area contributed by atoms with E-state index in [1.54, 1.807) is 6.07 Å². The maximum absolute atomic E-state index is 13.4. The molecule has 3 heteroatoms. The van der Waals surface area contributed by atoms with E-state index in [0.29, 0.717) is 0 Å². The van der Waals surface area contributed by atoms with E-state index in [1.165, 1.54) is 12.5 Å². The summed E-state index contributed by atoms with van der Waals surface area (Å²) in [6, 6.07) is 5.10. The van der Waals surface area contributed by atoms with Crippen molar-refractivity contribution in [1.29, 1.82) is 0 Å². The highest BCUT2D eigenvalue weighted by Crippen LogP contribution is 2.28. The van der Waals surface area contributed by atoms with Gasteiger partial charge in [0.15, 0.2) is 0 Å². The third kappa shape index (κ3) is 3.09. The lowest BCUT2D eigenvalue weighted by molar-refractivity contribution is -0.00804. The molecule has 1 aromatic rings. The number of hydrogen-bond donors (Lipinski definition) is 1. The number of nitrogens with one attached hydrogen (secondary N) is 1. The Balaban J connectivity index is 2.24. The predicted molar refractivity (Wildman–Crippen MR) is 71.1 cm³/mol. The van der Waals surface area contributed by atoms with Crippen LogP contribution in [0.15, 0.2) is 18.2 Å². The maximum atomic E-state index is 13.4. The molecule has 2 atom stereocenters. The molecule has 1 aliphatic rings. The Labute approximate surface area is 109 Å². The SMILES string of the molecule is CCNC(c1cc(F)ccc1C)C1CCCCO1. The summed E-state index contributed by atoms with van der Waals surface area (Å²) in [6.07, 6.45) is 3.55. The van der Waals surface area contributed by atoms with Gasteiger partial charge in [0, 0.05) is 6.61 Å². The second kappa shape index (κ2) is 6.30. The van der Waals surface area contributed by atoms with Crippen LogP contribution in [0.3, 0.4) is 0 Å². The van der Waals surface area contributed by atoms with Crippen LogP contribution in [0.2, 0.25) is 0 Å². The number of hydrogen-bond acceptors (Lipinski definition) is 2. The van der Waals surface area contributed by atoms with Gasteiger partial charge in [-0.1, -0.05) is 13.0 Å². The molecule has 1 fully saturated rings. The first-order chi connectivity index (χ1) is 8.72. The van der Waals surface area contributed by atoms with Crippen LogP contribution in [0.5, 0.6) is 0 Å². The largest absolute Gasteiger partial charge is 0.376 e. The van der Waals surface area contributed by atoms with Crippen molar-refractivity contribution < 1.29 is 9.13 Å². The van der Waals surface area contributed by atoms with Gasteiger partial charge in [0.1, 0.15) is 5.82 Å². The van der Waals surface area contributed by atoms with E-state index in [-0.39, 0.29) is 18.0 Å². The van der Waals surface area contributed by atoms with E-state index in [4.69, 9.17) is 4.74 Å². The Hall–Kier alpha value is -0.930. The monoisotopic (exact) mass is 251 g/mol. The molecule has 0 aliphatic carbocycles. The third-order valence-corrected chi connectivity index (χ3v) is 3.59. The molecule has 0 saturated carbocycles. The lowest BCUT2D eigenvalue weighted by Crippen LogP contribution is -2.36. The Morgan fingerprint density at radius 3 is 2.94 bits per heavy atom. The minimum Gasteiger partial charge on any atom is -0.376 e. The second-order valence-electron chi connectivity index (χ2n) is 4.94. The highest BCUT2D eigenvalue weighted by Gasteiger charge is 2.26. The summed E-state index contributed by atoms with van der Waals surface area (Å²) in [4.78, 5) is 0. The first-order valence-electron chi connectivity index (χ1n) is 6.83. The van der Waals surface area contributed by atoms with Gasteiger partial charge in [-0.25, -0.2) is 4.39 Å². The summed E-state index contributed by atoms with van der Waals surface area (Å²) in [5.74, 6) is -0.172. The molecule has 2 rings (SSSR count). The van der Waals surface area contributed by atoms with Crippen LogP contribution in [0.4, 0.5) is 4.39 Å². The van der Waals surface area contributed by atoms with Crippen molar-refractivity contribution in [2.45, 2.75) is 45.3 Å². The van der Waals surface area contributed by atoms with Gasteiger partial charge in [0.05, 0.1) is 12.1 Å². The highest BCUT2D eigenvalue weighted by molar-refractivity contribution is 5.30. The Bertz CT molecular complexity index is 388. The van der Waals surface area contributed by atoms with Crippen LogP contribution < -0.4 is 5.32 Å². The molecule has 1 heterocycles. The molecule has 1 N–H and O–H groups in total. The second-order valence-corrected chi connectivity index (χ2v) is 4.94. The van der Waals surface area contributed by atoms with Crippen LogP contribution >= 0.6 is 0 Å². The van der Waals surface area contributed by atoms with E-state index >= 15 is 0 Å². The van der Waals surface area contributed by atoms with E-state index in [9.17, 15) is 4.39 Å². The molecule has 0 radical (unpaired) electrons. The number of benzene rings is 1. The van der Waals surface area contributed by atoms with Gasteiger partial charge >= 0.3 is 0 Å². The molecular weight excluding hydrogens is 229 g/mol. The third-order valence-electron chi connectivity index (χ3n) is 3.59. The van der Waals surface area contributed by atoms with Crippen molar-refractivity contribution in [3.8, 4) is 0 Å². The first-order valence-corrected chi connectivity index (χ1v) is 6.83. The van der Waals surface area contributed by atoms with Crippen LogP contribution in [0.25, 0.3) is 0 Å². The van der Waals surface area contributed by atoms with Crippen LogP contribution in [-0.2, 0) is 4.74 Å². The zero-order valence-corrected chi connectivity index (χ0v) is 11.2. The molecule has 1 aliphatic heterocycles. The fraction of sp³-hybridized carbons (Fsp3) is 0.600. The van der Waals surface area contributed by atoms with Crippen molar-refractivity contribution in [1.82, 2.24) is 5.32 Å². The number of aryl methyl sites for hydroxylation is 1. The van der Waals surface area contributed by atoms with Gasteiger partial charge in [-0.3, -0.25) is 0 Å². The summed E-state index contributed by atoms with van der Waals surface area (Å²) < 4.78 is 19.3. The van der Waals surface area contributed by atoms with Crippen molar-refractivity contribution >= 4 is 0 Å². The summed E-state index contributed by atoms with van der Waals surface area (Å²) in [5.41, 5.74) is 2.15. The average Bonchev–Trinajstić information content (AvgIpc) is 2.40. The molecule has 0 bridgehead atoms. The summed E-state index contributed by atoms with van der Waals surface area (Å²) in [7, 11) is 0. The molecule has 100 valence electrons. The average molecular weight is 251 g/mol. The van der Waals surface area contributed by atoms with Gasteiger partial charge in [0.2, 0.25) is 0 Å². The number of likely N-dealkylation sites (N-methyl/N-ethyl adjacent to an activating group) is 1. The van der Waals surface area contributed by atoms with Crippen molar-refractivity contribution in [3.05, 3.63) is 35.1 Å². The molecule has 0 aromatic heterocycles. The van der Waals surface area contributed by atoms with E-state index in [2.05, 4.69) is 12.2 Å². The van der Waals surface area contributed by atoms with Crippen LogP contribution in [0.1, 0.15) is 43.4 Å². The fourth-order valence-corrected chi connectivity index (χ4v) is 2.64.